The molecule has 1 aromatic heterocycles. The number of carbonyl (C=O) groups excluding carboxylic acids is 2. The van der Waals surface area contributed by atoms with Gasteiger partial charge < -0.3 is 9.72 Å². The molecule has 0 amide bonds. The topological polar surface area (TPSA) is 64.1 Å². The Balaban J connectivity index is 2.16. The van der Waals surface area contributed by atoms with Crippen LogP contribution in [0.4, 0.5) is 0 Å². The molecule has 1 N–H and O–H groups in total. The van der Waals surface area contributed by atoms with Crippen LogP contribution in [0.2, 0.25) is 0 Å². The molecule has 0 atom stereocenters. The minimum absolute atomic E-state index is 0.0735. The Morgan fingerprint density at radius 1 is 1.19 bits per heavy atom. The zero-order chi connectivity index (χ0) is 18.7. The molecule has 3 aromatic rings. The fourth-order valence-electron chi connectivity index (χ4n) is 2.66. The number of esters is 1. The van der Waals surface area contributed by atoms with Gasteiger partial charge in [-0.3, -0.25) is 9.36 Å². The van der Waals surface area contributed by atoms with Crippen LogP contribution in [-0.2, 0) is 9.53 Å². The fraction of sp³-hybridized carbons (Fsp3) is 0.150. The standard InChI is InChI=1S/C20H18N2O3S/c1-3-25-19(24)15(18(23)14-7-5-4-6-8-14)12-22-17-10-9-13(2)11-16(17)21-20(22)26/h4-12H,3H2,1-2H3,(H,21,26). The third kappa shape index (κ3) is 3.50. The molecule has 1 heterocycles. The van der Waals surface area contributed by atoms with E-state index in [1.165, 1.54) is 6.20 Å². The maximum Gasteiger partial charge on any atom is 0.343 e. The summed E-state index contributed by atoms with van der Waals surface area (Å²) in [5, 5.41) is 0. The highest BCUT2D eigenvalue weighted by Gasteiger charge is 2.22. The zero-order valence-electron chi connectivity index (χ0n) is 14.5. The van der Waals surface area contributed by atoms with Gasteiger partial charge in [0.2, 0.25) is 5.78 Å². The lowest BCUT2D eigenvalue weighted by Gasteiger charge is -2.07. The monoisotopic (exact) mass is 366 g/mol. The Kier molecular flexibility index (Phi) is 5.14. The summed E-state index contributed by atoms with van der Waals surface area (Å²) in [4.78, 5) is 28.4. The number of ketones is 1. The molecule has 0 fully saturated rings. The minimum Gasteiger partial charge on any atom is -0.462 e. The molecule has 5 nitrogen and oxygen atoms in total. The van der Waals surface area contributed by atoms with Gasteiger partial charge in [-0.2, -0.15) is 0 Å². The molecule has 0 aliphatic rings. The fourth-order valence-corrected chi connectivity index (χ4v) is 2.92. The Labute approximate surface area is 155 Å². The summed E-state index contributed by atoms with van der Waals surface area (Å²) in [7, 11) is 0. The van der Waals surface area contributed by atoms with Crippen LogP contribution in [0.25, 0.3) is 17.2 Å². The first-order valence-corrected chi connectivity index (χ1v) is 8.61. The highest BCUT2D eigenvalue weighted by molar-refractivity contribution is 7.71. The van der Waals surface area contributed by atoms with Gasteiger partial charge in [0.15, 0.2) is 4.77 Å². The molecule has 0 saturated carbocycles. The van der Waals surface area contributed by atoms with E-state index in [1.54, 1.807) is 35.8 Å². The van der Waals surface area contributed by atoms with E-state index in [-0.39, 0.29) is 12.2 Å². The number of aromatic amines is 1. The molecule has 6 heteroatoms. The molecule has 132 valence electrons. The van der Waals surface area contributed by atoms with Crippen LogP contribution in [0.1, 0.15) is 22.8 Å². The van der Waals surface area contributed by atoms with Crippen LogP contribution >= 0.6 is 12.2 Å². The first-order chi connectivity index (χ1) is 12.5. The molecule has 0 aliphatic carbocycles. The smallest absolute Gasteiger partial charge is 0.343 e. The normalized spacial score (nSPS) is 11.5. The van der Waals surface area contributed by atoms with Crippen LogP contribution in [0.5, 0.6) is 0 Å². The van der Waals surface area contributed by atoms with Gasteiger partial charge in [-0.05, 0) is 43.8 Å². The Bertz CT molecular complexity index is 1060. The number of nitrogens with zero attached hydrogens (tertiary/aromatic N) is 1. The number of nitrogens with one attached hydrogen (secondary N) is 1. The quantitative estimate of drug-likeness (QED) is 0.183. The third-order valence-electron chi connectivity index (χ3n) is 3.91. The van der Waals surface area contributed by atoms with Crippen molar-refractivity contribution >= 4 is 41.2 Å². The molecule has 0 bridgehead atoms. The number of hydrogen-bond acceptors (Lipinski definition) is 4. The molecule has 0 saturated heterocycles. The molecule has 0 aliphatic heterocycles. The second kappa shape index (κ2) is 7.49. The summed E-state index contributed by atoms with van der Waals surface area (Å²) in [6, 6.07) is 14.4. The highest BCUT2D eigenvalue weighted by atomic mass is 32.1. The van der Waals surface area contributed by atoms with E-state index < -0.39 is 11.8 Å². The van der Waals surface area contributed by atoms with Crippen molar-refractivity contribution < 1.29 is 14.3 Å². The summed E-state index contributed by atoms with van der Waals surface area (Å²) >= 11 is 5.37. The lowest BCUT2D eigenvalue weighted by molar-refractivity contribution is -0.137. The zero-order valence-corrected chi connectivity index (χ0v) is 15.3. The molecular weight excluding hydrogens is 348 g/mol. The summed E-state index contributed by atoms with van der Waals surface area (Å²) in [5.41, 5.74) is 3.03. The van der Waals surface area contributed by atoms with E-state index in [0.717, 1.165) is 16.6 Å². The average molecular weight is 366 g/mol. The van der Waals surface area contributed by atoms with Crippen molar-refractivity contribution in [2.24, 2.45) is 0 Å². The van der Waals surface area contributed by atoms with Crippen LogP contribution in [-0.4, -0.2) is 27.9 Å². The van der Waals surface area contributed by atoms with Crippen LogP contribution in [0.15, 0.2) is 54.1 Å². The lowest BCUT2D eigenvalue weighted by Crippen LogP contribution is -2.17. The summed E-state index contributed by atoms with van der Waals surface area (Å²) in [6.07, 6.45) is 1.45. The maximum atomic E-state index is 12.9. The predicted octanol–water partition coefficient (Wildman–Crippen LogP) is 4.29. The first-order valence-electron chi connectivity index (χ1n) is 8.21. The minimum atomic E-state index is -0.676. The number of hydrogen-bond donors (Lipinski definition) is 1. The average Bonchev–Trinajstić information content (AvgIpc) is 2.94. The van der Waals surface area contributed by atoms with E-state index in [4.69, 9.17) is 17.0 Å². The molecule has 0 spiro atoms. The number of carbonyl (C=O) groups is 2. The van der Waals surface area contributed by atoms with Crippen LogP contribution < -0.4 is 0 Å². The Morgan fingerprint density at radius 2 is 1.92 bits per heavy atom. The van der Waals surface area contributed by atoms with Crippen molar-refractivity contribution in [3.63, 3.8) is 0 Å². The number of fused-ring (bicyclic) bond motifs is 1. The van der Waals surface area contributed by atoms with Crippen molar-refractivity contribution in [2.75, 3.05) is 6.61 Å². The summed E-state index contributed by atoms with van der Waals surface area (Å²) in [6.45, 7) is 3.85. The van der Waals surface area contributed by atoms with E-state index in [9.17, 15) is 9.59 Å². The number of rotatable bonds is 5. The van der Waals surface area contributed by atoms with Crippen LogP contribution in [0.3, 0.4) is 0 Å². The maximum absolute atomic E-state index is 12.9. The van der Waals surface area contributed by atoms with Gasteiger partial charge in [0.05, 0.1) is 17.6 Å². The van der Waals surface area contributed by atoms with Crippen molar-refractivity contribution in [1.29, 1.82) is 0 Å². The number of imidazole rings is 1. The summed E-state index contributed by atoms with van der Waals surface area (Å²) in [5.74, 6) is -1.09. The van der Waals surface area contributed by atoms with Gasteiger partial charge in [0.1, 0.15) is 5.57 Å². The predicted molar refractivity (Wildman–Crippen MR) is 104 cm³/mol. The lowest BCUT2D eigenvalue weighted by atomic mass is 10.0. The van der Waals surface area contributed by atoms with Crippen molar-refractivity contribution in [2.45, 2.75) is 13.8 Å². The number of aromatic nitrogens is 2. The van der Waals surface area contributed by atoms with Gasteiger partial charge in [-0.15, -0.1) is 0 Å². The second-order valence-corrected chi connectivity index (χ2v) is 6.17. The van der Waals surface area contributed by atoms with Gasteiger partial charge in [0.25, 0.3) is 0 Å². The van der Waals surface area contributed by atoms with Gasteiger partial charge in [-0.1, -0.05) is 36.4 Å². The van der Waals surface area contributed by atoms with Gasteiger partial charge in [-0.25, -0.2) is 4.79 Å². The van der Waals surface area contributed by atoms with Crippen molar-refractivity contribution in [3.05, 3.63) is 70.0 Å². The second-order valence-electron chi connectivity index (χ2n) is 5.78. The molecule has 2 aromatic carbocycles. The molecule has 26 heavy (non-hydrogen) atoms. The van der Waals surface area contributed by atoms with Gasteiger partial charge >= 0.3 is 5.97 Å². The number of aryl methyl sites for hydroxylation is 1. The molecule has 3 rings (SSSR count). The SMILES string of the molecule is CCOC(=O)C(=Cn1c(=S)[nH]c2cc(C)ccc21)C(=O)c1ccccc1. The number of Topliss-reactive ketones (excluding diaryl/α,β-unsaturated/α-hetero) is 1. The van der Waals surface area contributed by atoms with Crippen molar-refractivity contribution in [3.8, 4) is 0 Å². The molecule has 0 radical (unpaired) electrons. The number of benzene rings is 2. The molecule has 0 unspecified atom stereocenters. The van der Waals surface area contributed by atoms with Crippen molar-refractivity contribution in [1.82, 2.24) is 9.55 Å². The Hall–Kier alpha value is -2.99. The first kappa shape index (κ1) is 17.8. The third-order valence-corrected chi connectivity index (χ3v) is 4.20. The largest absolute Gasteiger partial charge is 0.462 e. The molecular formula is C20H18N2O3S. The van der Waals surface area contributed by atoms with Crippen LogP contribution in [0, 0.1) is 11.7 Å². The van der Waals surface area contributed by atoms with E-state index in [2.05, 4.69) is 4.98 Å². The van der Waals surface area contributed by atoms with Gasteiger partial charge in [0, 0.05) is 11.8 Å². The number of ether oxygens (including phenoxy) is 1. The number of H-pyrrole nitrogens is 1. The van der Waals surface area contributed by atoms with E-state index >= 15 is 0 Å². The summed E-state index contributed by atoms with van der Waals surface area (Å²) < 4.78 is 7.10. The Morgan fingerprint density at radius 3 is 2.62 bits per heavy atom. The van der Waals surface area contributed by atoms with E-state index in [1.807, 2.05) is 31.2 Å². The highest BCUT2D eigenvalue weighted by Crippen LogP contribution is 2.19. The van der Waals surface area contributed by atoms with E-state index in [0.29, 0.717) is 10.3 Å².